The third-order valence-electron chi connectivity index (χ3n) is 5.93. The third-order valence-corrected chi connectivity index (χ3v) is 5.93. The zero-order valence-corrected chi connectivity index (χ0v) is 15.3. The molecular weight excluding hydrogens is 336 g/mol. The lowest BCUT2D eigenvalue weighted by atomic mass is 9.82. The standard InChI is InChI=1S/C23H24N2O2/c26-21-13-22(20-12-18(21)23(25-20)16-7-2-1-3-8-16)27-14-17-11-10-15-6-4-5-9-19(15)24-17/h4-6,9-13,16,23,25-26H,1-3,7-8,14H2. The normalized spacial score (nSPS) is 19.2. The van der Waals surface area contributed by atoms with Crippen molar-refractivity contribution in [3.63, 3.8) is 0 Å². The zero-order valence-electron chi connectivity index (χ0n) is 15.3. The van der Waals surface area contributed by atoms with Crippen LogP contribution < -0.4 is 10.1 Å². The summed E-state index contributed by atoms with van der Waals surface area (Å²) >= 11 is 0. The molecule has 1 unspecified atom stereocenters. The average Bonchev–Trinajstić information content (AvgIpc) is 3.11. The topological polar surface area (TPSA) is 54.4 Å². The number of pyridine rings is 1. The lowest BCUT2D eigenvalue weighted by Crippen LogP contribution is -2.19. The van der Waals surface area contributed by atoms with E-state index in [0.717, 1.165) is 27.8 Å². The SMILES string of the molecule is Oc1cc(OCc2ccc3ccccc3n2)c2cc1C(C1CCCCC1)N2. The van der Waals surface area contributed by atoms with Gasteiger partial charge in [-0.15, -0.1) is 0 Å². The molecule has 1 aromatic heterocycles. The summed E-state index contributed by atoms with van der Waals surface area (Å²) in [6, 6.07) is 16.2. The monoisotopic (exact) mass is 360 g/mol. The summed E-state index contributed by atoms with van der Waals surface area (Å²) in [5, 5.41) is 15.3. The van der Waals surface area contributed by atoms with Crippen LogP contribution in [0.15, 0.2) is 48.5 Å². The van der Waals surface area contributed by atoms with Crippen molar-refractivity contribution in [2.45, 2.75) is 44.8 Å². The average molecular weight is 360 g/mol. The number of fused-ring (bicyclic) bond motifs is 3. The van der Waals surface area contributed by atoms with E-state index in [1.807, 2.05) is 24.3 Å². The van der Waals surface area contributed by atoms with Crippen LogP contribution in [0, 0.1) is 5.92 Å². The van der Waals surface area contributed by atoms with Crippen LogP contribution in [0.2, 0.25) is 0 Å². The summed E-state index contributed by atoms with van der Waals surface area (Å²) < 4.78 is 6.03. The van der Waals surface area contributed by atoms with Crippen LogP contribution in [0.1, 0.15) is 49.4 Å². The fourth-order valence-corrected chi connectivity index (χ4v) is 4.49. The van der Waals surface area contributed by atoms with Gasteiger partial charge in [-0.2, -0.15) is 0 Å². The maximum absolute atomic E-state index is 10.5. The van der Waals surface area contributed by atoms with Crippen molar-refractivity contribution in [2.24, 2.45) is 5.92 Å². The fraction of sp³-hybridized carbons (Fsp3) is 0.348. The first-order valence-electron chi connectivity index (χ1n) is 9.89. The molecule has 0 amide bonds. The van der Waals surface area contributed by atoms with Crippen LogP contribution in [0.5, 0.6) is 11.5 Å². The van der Waals surface area contributed by atoms with Crippen molar-refractivity contribution in [3.8, 4) is 11.5 Å². The predicted molar refractivity (Wildman–Crippen MR) is 107 cm³/mol. The van der Waals surface area contributed by atoms with Crippen LogP contribution in [0.3, 0.4) is 0 Å². The first kappa shape index (κ1) is 16.4. The summed E-state index contributed by atoms with van der Waals surface area (Å²) in [6.07, 6.45) is 6.37. The van der Waals surface area contributed by atoms with E-state index in [9.17, 15) is 5.11 Å². The Labute approximate surface area is 159 Å². The number of nitrogens with zero attached hydrogens (tertiary/aromatic N) is 1. The van der Waals surface area contributed by atoms with E-state index in [1.165, 1.54) is 32.1 Å². The predicted octanol–water partition coefficient (Wildman–Crippen LogP) is 5.57. The van der Waals surface area contributed by atoms with E-state index >= 15 is 0 Å². The minimum Gasteiger partial charge on any atom is -0.507 e. The van der Waals surface area contributed by atoms with E-state index in [-0.39, 0.29) is 6.04 Å². The summed E-state index contributed by atoms with van der Waals surface area (Å²) in [4.78, 5) is 4.66. The third kappa shape index (κ3) is 3.09. The van der Waals surface area contributed by atoms with Gasteiger partial charge in [0, 0.05) is 17.0 Å². The van der Waals surface area contributed by atoms with Gasteiger partial charge >= 0.3 is 0 Å². The first-order chi connectivity index (χ1) is 13.3. The number of rotatable bonds is 4. The maximum Gasteiger partial charge on any atom is 0.146 e. The molecule has 0 spiro atoms. The minimum atomic E-state index is 0.219. The molecule has 2 heterocycles. The van der Waals surface area contributed by atoms with Crippen LogP contribution in [0.4, 0.5) is 5.69 Å². The Morgan fingerprint density at radius 1 is 1.04 bits per heavy atom. The Morgan fingerprint density at radius 2 is 1.89 bits per heavy atom. The summed E-state index contributed by atoms with van der Waals surface area (Å²) in [5.74, 6) is 1.63. The molecule has 27 heavy (non-hydrogen) atoms. The fourth-order valence-electron chi connectivity index (χ4n) is 4.49. The van der Waals surface area contributed by atoms with Crippen LogP contribution in [-0.4, -0.2) is 10.1 Å². The number of hydrogen-bond donors (Lipinski definition) is 2. The number of hydrogen-bond acceptors (Lipinski definition) is 4. The highest BCUT2D eigenvalue weighted by molar-refractivity contribution is 5.78. The Hall–Kier alpha value is -2.75. The molecule has 2 bridgehead atoms. The Morgan fingerprint density at radius 3 is 2.78 bits per heavy atom. The number of nitrogens with one attached hydrogen (secondary N) is 1. The van der Waals surface area contributed by atoms with Crippen LogP contribution in [0.25, 0.3) is 10.9 Å². The second-order valence-electron chi connectivity index (χ2n) is 7.71. The van der Waals surface area contributed by atoms with E-state index in [2.05, 4.69) is 28.5 Å². The Kier molecular flexibility index (Phi) is 4.12. The Bertz CT molecular complexity index is 979. The second kappa shape index (κ2) is 6.76. The molecule has 4 nitrogen and oxygen atoms in total. The maximum atomic E-state index is 10.5. The quantitative estimate of drug-likeness (QED) is 0.598. The highest BCUT2D eigenvalue weighted by atomic mass is 16.5. The molecule has 1 aliphatic carbocycles. The molecule has 3 aromatic rings. The van der Waals surface area contributed by atoms with E-state index < -0.39 is 0 Å². The van der Waals surface area contributed by atoms with Gasteiger partial charge in [0.05, 0.1) is 22.9 Å². The van der Waals surface area contributed by atoms with Gasteiger partial charge in [-0.1, -0.05) is 43.5 Å². The number of ether oxygens (including phenoxy) is 1. The van der Waals surface area contributed by atoms with E-state index in [0.29, 0.717) is 24.0 Å². The molecule has 1 fully saturated rings. The van der Waals surface area contributed by atoms with Crippen molar-refractivity contribution >= 4 is 16.6 Å². The molecule has 2 aliphatic rings. The van der Waals surface area contributed by atoms with Gasteiger partial charge in [0.2, 0.25) is 0 Å². The summed E-state index contributed by atoms with van der Waals surface area (Å²) in [5.41, 5.74) is 3.86. The van der Waals surface area contributed by atoms with Crippen molar-refractivity contribution in [3.05, 3.63) is 59.8 Å². The number of aromatic nitrogens is 1. The van der Waals surface area contributed by atoms with Gasteiger partial charge in [0.25, 0.3) is 0 Å². The number of aromatic hydroxyl groups is 1. The zero-order chi connectivity index (χ0) is 18.2. The van der Waals surface area contributed by atoms with Gasteiger partial charge < -0.3 is 15.2 Å². The molecule has 0 saturated heterocycles. The van der Waals surface area contributed by atoms with E-state index in [1.54, 1.807) is 6.07 Å². The number of benzene rings is 2. The highest BCUT2D eigenvalue weighted by Crippen LogP contribution is 2.48. The van der Waals surface area contributed by atoms with Crippen molar-refractivity contribution in [1.29, 1.82) is 0 Å². The molecule has 4 heteroatoms. The van der Waals surface area contributed by atoms with Crippen molar-refractivity contribution < 1.29 is 9.84 Å². The van der Waals surface area contributed by atoms with Gasteiger partial charge in [-0.25, -0.2) is 4.98 Å². The molecule has 2 N–H and O–H groups in total. The molecule has 2 aromatic carbocycles. The summed E-state index contributed by atoms with van der Waals surface area (Å²) in [6.45, 7) is 0.381. The van der Waals surface area contributed by atoms with Crippen LogP contribution in [-0.2, 0) is 6.61 Å². The Balaban J connectivity index is 1.33. The molecule has 5 rings (SSSR count). The minimum absolute atomic E-state index is 0.219. The van der Waals surface area contributed by atoms with Gasteiger partial charge in [-0.05, 0) is 37.0 Å². The molecule has 0 radical (unpaired) electrons. The van der Waals surface area contributed by atoms with Crippen LogP contribution >= 0.6 is 0 Å². The number of para-hydroxylation sites is 1. The largest absolute Gasteiger partial charge is 0.507 e. The molecular formula is C23H24N2O2. The van der Waals surface area contributed by atoms with Gasteiger partial charge in [0.1, 0.15) is 18.1 Å². The van der Waals surface area contributed by atoms with Crippen molar-refractivity contribution in [1.82, 2.24) is 4.98 Å². The summed E-state index contributed by atoms with van der Waals surface area (Å²) in [7, 11) is 0. The van der Waals surface area contributed by atoms with Crippen molar-refractivity contribution in [2.75, 3.05) is 5.32 Å². The molecule has 1 saturated carbocycles. The smallest absolute Gasteiger partial charge is 0.146 e. The molecule has 138 valence electrons. The van der Waals surface area contributed by atoms with E-state index in [4.69, 9.17) is 4.74 Å². The molecule has 1 atom stereocenters. The molecule has 1 aliphatic heterocycles. The first-order valence-corrected chi connectivity index (χ1v) is 9.89. The lowest BCUT2D eigenvalue weighted by Gasteiger charge is -2.28. The highest BCUT2D eigenvalue weighted by Gasteiger charge is 2.33. The number of phenols is 1. The van der Waals surface area contributed by atoms with Gasteiger partial charge in [0.15, 0.2) is 0 Å². The van der Waals surface area contributed by atoms with Gasteiger partial charge in [-0.3, -0.25) is 0 Å². The second-order valence-corrected chi connectivity index (χ2v) is 7.71. The lowest BCUT2D eigenvalue weighted by molar-refractivity contribution is 0.301. The number of phenolic OH excluding ortho intramolecular Hbond substituents is 1. The number of anilines is 1.